The van der Waals surface area contributed by atoms with Gasteiger partial charge < -0.3 is 9.64 Å². The lowest BCUT2D eigenvalue weighted by Crippen LogP contribution is -2.25. The number of rotatable bonds is 3. The molecule has 1 aliphatic heterocycles. The monoisotopic (exact) mass is 314 g/mol. The second-order valence-corrected chi connectivity index (χ2v) is 5.21. The van der Waals surface area contributed by atoms with E-state index in [1.807, 2.05) is 0 Å². The van der Waals surface area contributed by atoms with Crippen LogP contribution < -0.4 is 9.64 Å². The van der Waals surface area contributed by atoms with Crippen molar-refractivity contribution in [2.45, 2.75) is 11.2 Å². The number of carbonyl (C=O) groups is 1. The number of amides is 1. The number of nitrogens with zero attached hydrogens (tertiary/aromatic N) is 2. The van der Waals surface area contributed by atoms with Gasteiger partial charge in [-0.3, -0.25) is 14.9 Å². The highest BCUT2D eigenvalue weighted by atomic mass is 79.9. The van der Waals surface area contributed by atoms with E-state index in [2.05, 4.69) is 15.9 Å². The quantitative estimate of drug-likeness (QED) is 0.486. The van der Waals surface area contributed by atoms with E-state index >= 15 is 0 Å². The zero-order chi connectivity index (χ0) is 13.3. The van der Waals surface area contributed by atoms with Crippen LogP contribution in [-0.2, 0) is 4.79 Å². The normalized spacial score (nSPS) is 19.1. The number of halogens is 1. The van der Waals surface area contributed by atoms with Gasteiger partial charge in [-0.1, -0.05) is 15.9 Å². The smallest absolute Gasteiger partial charge is 0.296 e. The maximum Gasteiger partial charge on any atom is 0.296 e. The molecule has 0 radical (unpaired) electrons. The van der Waals surface area contributed by atoms with Gasteiger partial charge in [0.25, 0.3) is 5.69 Å². The molecule has 1 aliphatic rings. The van der Waals surface area contributed by atoms with Crippen LogP contribution in [0.4, 0.5) is 11.4 Å². The molecule has 1 aromatic rings. The molecule has 0 N–H and O–H groups in total. The SMILES string of the molecule is COc1ccc(N2CC(Br)CC2=O)c([N+](=O)[O-])c1. The molecule has 0 spiro atoms. The fourth-order valence-electron chi connectivity index (χ4n) is 1.90. The van der Waals surface area contributed by atoms with Gasteiger partial charge in [-0.2, -0.15) is 0 Å². The maximum atomic E-state index is 11.8. The van der Waals surface area contributed by atoms with Gasteiger partial charge in [0.1, 0.15) is 11.4 Å². The van der Waals surface area contributed by atoms with Crippen molar-refractivity contribution in [1.82, 2.24) is 0 Å². The number of methoxy groups -OCH3 is 1. The van der Waals surface area contributed by atoms with Gasteiger partial charge in [0, 0.05) is 17.8 Å². The van der Waals surface area contributed by atoms with Crippen molar-refractivity contribution in [3.63, 3.8) is 0 Å². The van der Waals surface area contributed by atoms with Crippen molar-refractivity contribution in [3.05, 3.63) is 28.3 Å². The summed E-state index contributed by atoms with van der Waals surface area (Å²) >= 11 is 3.35. The van der Waals surface area contributed by atoms with Crippen LogP contribution in [0.3, 0.4) is 0 Å². The third-order valence-electron chi connectivity index (χ3n) is 2.75. The average Bonchev–Trinajstić information content (AvgIpc) is 2.67. The first-order chi connectivity index (χ1) is 8.52. The predicted octanol–water partition coefficient (Wildman–Crippen LogP) is 2.10. The first kappa shape index (κ1) is 12.8. The van der Waals surface area contributed by atoms with Crippen molar-refractivity contribution >= 4 is 33.2 Å². The first-order valence-electron chi connectivity index (χ1n) is 5.29. The molecule has 7 heteroatoms. The van der Waals surface area contributed by atoms with Crippen LogP contribution in [0, 0.1) is 10.1 Å². The molecule has 1 amide bonds. The van der Waals surface area contributed by atoms with Crippen molar-refractivity contribution in [2.24, 2.45) is 0 Å². The van der Waals surface area contributed by atoms with E-state index in [1.165, 1.54) is 18.1 Å². The summed E-state index contributed by atoms with van der Waals surface area (Å²) in [5, 5.41) is 11.0. The van der Waals surface area contributed by atoms with Gasteiger partial charge >= 0.3 is 0 Å². The van der Waals surface area contributed by atoms with E-state index in [9.17, 15) is 14.9 Å². The second-order valence-electron chi connectivity index (χ2n) is 3.92. The summed E-state index contributed by atoms with van der Waals surface area (Å²) in [6.45, 7) is 0.437. The Morgan fingerprint density at radius 2 is 2.28 bits per heavy atom. The first-order valence-corrected chi connectivity index (χ1v) is 6.21. The molecule has 1 unspecified atom stereocenters. The highest BCUT2D eigenvalue weighted by Gasteiger charge is 2.33. The molecule has 0 bridgehead atoms. The third kappa shape index (κ3) is 2.31. The van der Waals surface area contributed by atoms with Crippen LogP contribution >= 0.6 is 15.9 Å². The summed E-state index contributed by atoms with van der Waals surface area (Å²) in [7, 11) is 1.44. The van der Waals surface area contributed by atoms with Gasteiger partial charge in [0.2, 0.25) is 5.91 Å². The average molecular weight is 315 g/mol. The van der Waals surface area contributed by atoms with Crippen molar-refractivity contribution in [1.29, 1.82) is 0 Å². The third-order valence-corrected chi connectivity index (χ3v) is 3.36. The van der Waals surface area contributed by atoms with Crippen LogP contribution in [0.1, 0.15) is 6.42 Å². The predicted molar refractivity (Wildman–Crippen MR) is 69.3 cm³/mol. The van der Waals surface area contributed by atoms with E-state index in [0.29, 0.717) is 24.4 Å². The Morgan fingerprint density at radius 1 is 1.56 bits per heavy atom. The van der Waals surface area contributed by atoms with Crippen LogP contribution in [0.25, 0.3) is 0 Å². The summed E-state index contributed by atoms with van der Waals surface area (Å²) in [6, 6.07) is 4.47. The Balaban J connectivity index is 2.44. The number of nitro benzene ring substituents is 1. The largest absolute Gasteiger partial charge is 0.496 e. The van der Waals surface area contributed by atoms with Crippen LogP contribution in [-0.4, -0.2) is 29.3 Å². The van der Waals surface area contributed by atoms with Gasteiger partial charge in [-0.15, -0.1) is 0 Å². The lowest BCUT2D eigenvalue weighted by Gasteiger charge is -2.16. The Morgan fingerprint density at radius 3 is 2.78 bits per heavy atom. The molecular weight excluding hydrogens is 304 g/mol. The molecule has 1 aromatic carbocycles. The summed E-state index contributed by atoms with van der Waals surface area (Å²) in [4.78, 5) is 23.7. The molecule has 0 aliphatic carbocycles. The number of nitro groups is 1. The number of hydrogen-bond acceptors (Lipinski definition) is 4. The van der Waals surface area contributed by atoms with Crippen LogP contribution in [0.2, 0.25) is 0 Å². The summed E-state index contributed by atoms with van der Waals surface area (Å²) in [5.74, 6) is 0.276. The van der Waals surface area contributed by atoms with E-state index in [-0.39, 0.29) is 16.4 Å². The molecule has 1 heterocycles. The highest BCUT2D eigenvalue weighted by molar-refractivity contribution is 9.09. The number of ether oxygens (including phenoxy) is 1. The summed E-state index contributed by atoms with van der Waals surface area (Å²) < 4.78 is 4.95. The Labute approximate surface area is 112 Å². The Hall–Kier alpha value is -1.63. The number of carbonyl (C=O) groups excluding carboxylic acids is 1. The van der Waals surface area contributed by atoms with E-state index in [0.717, 1.165) is 0 Å². The van der Waals surface area contributed by atoms with Gasteiger partial charge in [0.15, 0.2) is 0 Å². The van der Waals surface area contributed by atoms with E-state index in [4.69, 9.17) is 4.74 Å². The lowest BCUT2D eigenvalue weighted by atomic mass is 10.2. The summed E-state index contributed by atoms with van der Waals surface area (Å²) in [6.07, 6.45) is 0.350. The highest BCUT2D eigenvalue weighted by Crippen LogP contribution is 2.35. The standard InChI is InChI=1S/C11H11BrN2O4/c1-18-8-2-3-9(10(5-8)14(16)17)13-6-7(12)4-11(13)15/h2-3,5,7H,4,6H2,1H3. The molecule has 18 heavy (non-hydrogen) atoms. The minimum absolute atomic E-state index is 0.0340. The number of alkyl halides is 1. The van der Waals surface area contributed by atoms with Gasteiger partial charge in [-0.25, -0.2) is 0 Å². The number of anilines is 1. The zero-order valence-electron chi connectivity index (χ0n) is 9.63. The molecule has 6 nitrogen and oxygen atoms in total. The zero-order valence-corrected chi connectivity index (χ0v) is 11.2. The van der Waals surface area contributed by atoms with Crippen LogP contribution in [0.5, 0.6) is 5.75 Å². The van der Waals surface area contributed by atoms with Gasteiger partial charge in [0.05, 0.1) is 18.1 Å². The molecule has 0 aromatic heterocycles. The molecule has 1 fully saturated rings. The molecule has 1 saturated heterocycles. The fourth-order valence-corrected chi connectivity index (χ4v) is 2.47. The minimum atomic E-state index is -0.507. The van der Waals surface area contributed by atoms with E-state index < -0.39 is 4.92 Å². The topological polar surface area (TPSA) is 72.7 Å². The van der Waals surface area contributed by atoms with Crippen molar-refractivity contribution < 1.29 is 14.5 Å². The van der Waals surface area contributed by atoms with Crippen LogP contribution in [0.15, 0.2) is 18.2 Å². The van der Waals surface area contributed by atoms with Gasteiger partial charge in [-0.05, 0) is 12.1 Å². The molecule has 0 saturated carbocycles. The van der Waals surface area contributed by atoms with Crippen molar-refractivity contribution in [2.75, 3.05) is 18.6 Å². The molecule has 96 valence electrons. The Kier molecular flexibility index (Phi) is 3.51. The fraction of sp³-hybridized carbons (Fsp3) is 0.364. The number of benzene rings is 1. The van der Waals surface area contributed by atoms with E-state index in [1.54, 1.807) is 12.1 Å². The molecule has 1 atom stereocenters. The molecular formula is C11H11BrN2O4. The summed E-state index contributed by atoms with van der Waals surface area (Å²) in [5.41, 5.74) is 0.192. The second kappa shape index (κ2) is 4.93. The maximum absolute atomic E-state index is 11.8. The Bertz CT molecular complexity index is 506. The van der Waals surface area contributed by atoms with Crippen molar-refractivity contribution in [3.8, 4) is 5.75 Å². The molecule has 2 rings (SSSR count). The minimum Gasteiger partial charge on any atom is -0.496 e. The number of hydrogen-bond donors (Lipinski definition) is 0. The lowest BCUT2D eigenvalue weighted by molar-refractivity contribution is -0.384.